The highest BCUT2D eigenvalue weighted by Gasteiger charge is 2.22. The molecule has 0 bridgehead atoms. The second-order valence-electron chi connectivity index (χ2n) is 7.83. The smallest absolute Gasteiger partial charge is 0.194 e. The van der Waals surface area contributed by atoms with Crippen molar-refractivity contribution in [1.82, 2.24) is 20.0 Å². The molecule has 6 nitrogen and oxygen atoms in total. The lowest BCUT2D eigenvalue weighted by atomic mass is 10.2. The van der Waals surface area contributed by atoms with Gasteiger partial charge in [0.1, 0.15) is 5.82 Å². The summed E-state index contributed by atoms with van der Waals surface area (Å²) in [6.07, 6.45) is 0. The molecule has 0 aromatic heterocycles. The van der Waals surface area contributed by atoms with E-state index in [1.54, 1.807) is 0 Å². The number of halogens is 2. The summed E-state index contributed by atoms with van der Waals surface area (Å²) >= 11 is 0. The molecule has 164 valence electrons. The molecule has 3 rings (SSSR count). The van der Waals surface area contributed by atoms with Gasteiger partial charge in [-0.3, -0.25) is 9.89 Å². The Morgan fingerprint density at radius 2 is 1.66 bits per heavy atom. The van der Waals surface area contributed by atoms with Crippen LogP contribution in [0.4, 0.5) is 10.1 Å². The Hall–Kier alpha value is -1.13. The molecule has 1 N–H and O–H groups in total. The van der Waals surface area contributed by atoms with Gasteiger partial charge in [0.25, 0.3) is 0 Å². The van der Waals surface area contributed by atoms with Crippen LogP contribution >= 0.6 is 24.0 Å². The molecule has 1 aromatic rings. The summed E-state index contributed by atoms with van der Waals surface area (Å²) in [7, 11) is 2.19. The van der Waals surface area contributed by atoms with Crippen molar-refractivity contribution in [3.05, 3.63) is 30.1 Å². The molecule has 8 heteroatoms. The highest BCUT2D eigenvalue weighted by Crippen LogP contribution is 2.17. The first-order valence-corrected chi connectivity index (χ1v) is 10.5. The van der Waals surface area contributed by atoms with E-state index in [-0.39, 0.29) is 29.8 Å². The minimum atomic E-state index is -0.182. The van der Waals surface area contributed by atoms with Crippen LogP contribution in [0.3, 0.4) is 0 Å². The largest absolute Gasteiger partial charge is 0.368 e. The first kappa shape index (κ1) is 24.1. The molecule has 2 aliphatic heterocycles. The summed E-state index contributed by atoms with van der Waals surface area (Å²) in [6, 6.07) is 7.26. The van der Waals surface area contributed by atoms with Crippen molar-refractivity contribution in [2.75, 3.05) is 77.4 Å². The average molecular weight is 518 g/mol. The Morgan fingerprint density at radius 1 is 1.03 bits per heavy atom. The first-order valence-electron chi connectivity index (χ1n) is 10.5. The molecular formula is C21H36FIN6. The van der Waals surface area contributed by atoms with E-state index >= 15 is 0 Å². The number of aliphatic imine (C=N–C) groups is 1. The number of benzene rings is 1. The minimum Gasteiger partial charge on any atom is -0.368 e. The zero-order valence-electron chi connectivity index (χ0n) is 18.0. The fraction of sp³-hybridized carbons (Fsp3) is 0.667. The molecule has 2 fully saturated rings. The van der Waals surface area contributed by atoms with Gasteiger partial charge < -0.3 is 20.0 Å². The van der Waals surface area contributed by atoms with Gasteiger partial charge >= 0.3 is 0 Å². The molecule has 0 saturated carbocycles. The van der Waals surface area contributed by atoms with Gasteiger partial charge in [0.2, 0.25) is 0 Å². The maximum Gasteiger partial charge on any atom is 0.194 e. The molecule has 0 radical (unpaired) electrons. The molecule has 1 atom stereocenters. The van der Waals surface area contributed by atoms with E-state index in [2.05, 4.69) is 45.8 Å². The number of hydrogen-bond acceptors (Lipinski definition) is 4. The van der Waals surface area contributed by atoms with Crippen LogP contribution in [0.5, 0.6) is 0 Å². The fourth-order valence-corrected chi connectivity index (χ4v) is 3.85. The second-order valence-corrected chi connectivity index (χ2v) is 7.83. The maximum absolute atomic E-state index is 13.2. The zero-order chi connectivity index (χ0) is 19.9. The van der Waals surface area contributed by atoms with Gasteiger partial charge in [-0.2, -0.15) is 0 Å². The van der Waals surface area contributed by atoms with E-state index in [9.17, 15) is 4.39 Å². The normalized spacial score (nSPS) is 20.3. The van der Waals surface area contributed by atoms with Gasteiger partial charge in [0.05, 0.1) is 6.54 Å². The van der Waals surface area contributed by atoms with E-state index in [0.717, 1.165) is 77.1 Å². The van der Waals surface area contributed by atoms with Crippen LogP contribution in [-0.4, -0.2) is 99.2 Å². The van der Waals surface area contributed by atoms with Crippen molar-refractivity contribution < 1.29 is 4.39 Å². The number of nitrogens with one attached hydrogen (secondary N) is 1. The van der Waals surface area contributed by atoms with E-state index in [1.807, 2.05) is 12.1 Å². The quantitative estimate of drug-likeness (QED) is 0.368. The molecule has 0 aliphatic carbocycles. The third-order valence-corrected chi connectivity index (χ3v) is 5.77. The number of likely N-dealkylation sites (N-methyl/N-ethyl adjacent to an activating group) is 1. The zero-order valence-corrected chi connectivity index (χ0v) is 20.3. The van der Waals surface area contributed by atoms with Crippen molar-refractivity contribution >= 4 is 35.6 Å². The summed E-state index contributed by atoms with van der Waals surface area (Å²) in [4.78, 5) is 14.5. The highest BCUT2D eigenvalue weighted by molar-refractivity contribution is 14.0. The topological polar surface area (TPSA) is 37.4 Å². The van der Waals surface area contributed by atoms with Crippen LogP contribution in [0.1, 0.15) is 13.8 Å². The van der Waals surface area contributed by atoms with Crippen LogP contribution in [-0.2, 0) is 0 Å². The monoisotopic (exact) mass is 518 g/mol. The van der Waals surface area contributed by atoms with Crippen LogP contribution in [0.15, 0.2) is 29.3 Å². The minimum absolute atomic E-state index is 0. The van der Waals surface area contributed by atoms with Gasteiger partial charge in [-0.1, -0.05) is 0 Å². The van der Waals surface area contributed by atoms with Crippen molar-refractivity contribution in [2.24, 2.45) is 4.99 Å². The van der Waals surface area contributed by atoms with E-state index in [4.69, 9.17) is 4.99 Å². The number of nitrogens with zero attached hydrogens (tertiary/aromatic N) is 5. The second kappa shape index (κ2) is 11.9. The number of anilines is 1. The maximum atomic E-state index is 13.2. The summed E-state index contributed by atoms with van der Waals surface area (Å²) in [5.74, 6) is 0.834. The van der Waals surface area contributed by atoms with E-state index in [0.29, 0.717) is 6.04 Å². The predicted molar refractivity (Wildman–Crippen MR) is 130 cm³/mol. The van der Waals surface area contributed by atoms with Crippen LogP contribution < -0.4 is 10.2 Å². The predicted octanol–water partition coefficient (Wildman–Crippen LogP) is 2.17. The molecule has 2 aliphatic rings. The van der Waals surface area contributed by atoms with Crippen molar-refractivity contribution in [3.8, 4) is 0 Å². The van der Waals surface area contributed by atoms with E-state index < -0.39 is 0 Å². The fourth-order valence-electron chi connectivity index (χ4n) is 3.85. The Morgan fingerprint density at radius 3 is 2.24 bits per heavy atom. The lowest BCUT2D eigenvalue weighted by molar-refractivity contribution is 0.122. The summed E-state index contributed by atoms with van der Waals surface area (Å²) in [5, 5.41) is 3.46. The van der Waals surface area contributed by atoms with Gasteiger partial charge in [-0.05, 0) is 45.2 Å². The molecule has 0 amide bonds. The van der Waals surface area contributed by atoms with Crippen LogP contribution in [0, 0.1) is 5.82 Å². The molecule has 1 aromatic carbocycles. The summed E-state index contributed by atoms with van der Waals surface area (Å²) < 4.78 is 13.2. The average Bonchev–Trinajstić information content (AvgIpc) is 2.72. The molecule has 1 unspecified atom stereocenters. The number of guanidine groups is 1. The Balaban J connectivity index is 0.00000300. The third kappa shape index (κ3) is 6.96. The third-order valence-electron chi connectivity index (χ3n) is 5.77. The highest BCUT2D eigenvalue weighted by atomic mass is 127. The molecule has 2 heterocycles. The standard InChI is InChI=1S/C21H35FN6.HI/c1-4-23-21(24-17-18(2)26-11-9-25(3)10-12-26)28-15-13-27(14-16-28)20-7-5-19(22)6-8-20;/h5-8,18H,4,9-17H2,1-3H3,(H,23,24);1H. The van der Waals surface area contributed by atoms with Crippen LogP contribution in [0.25, 0.3) is 0 Å². The lowest BCUT2D eigenvalue weighted by Gasteiger charge is -2.38. The Bertz CT molecular complexity index is 625. The van der Waals surface area contributed by atoms with Gasteiger partial charge in [0, 0.05) is 70.6 Å². The number of rotatable bonds is 5. The van der Waals surface area contributed by atoms with Gasteiger partial charge in [-0.15, -0.1) is 24.0 Å². The van der Waals surface area contributed by atoms with Crippen molar-refractivity contribution in [1.29, 1.82) is 0 Å². The number of piperazine rings is 2. The Kier molecular flexibility index (Phi) is 9.91. The Labute approximate surface area is 192 Å². The summed E-state index contributed by atoms with van der Waals surface area (Å²) in [5.41, 5.74) is 1.09. The molecular weight excluding hydrogens is 482 g/mol. The first-order chi connectivity index (χ1) is 13.6. The van der Waals surface area contributed by atoms with E-state index in [1.165, 1.54) is 12.1 Å². The van der Waals surface area contributed by atoms with Crippen molar-refractivity contribution in [2.45, 2.75) is 19.9 Å². The van der Waals surface area contributed by atoms with Crippen LogP contribution in [0.2, 0.25) is 0 Å². The lowest BCUT2D eigenvalue weighted by Crippen LogP contribution is -2.53. The molecule has 29 heavy (non-hydrogen) atoms. The van der Waals surface area contributed by atoms with Gasteiger partial charge in [0.15, 0.2) is 5.96 Å². The number of hydrogen-bond donors (Lipinski definition) is 1. The SMILES string of the molecule is CCNC(=NCC(C)N1CCN(C)CC1)N1CCN(c2ccc(F)cc2)CC1.I. The molecule has 2 saturated heterocycles. The van der Waals surface area contributed by atoms with Crippen molar-refractivity contribution in [3.63, 3.8) is 0 Å². The van der Waals surface area contributed by atoms with Gasteiger partial charge in [-0.25, -0.2) is 4.39 Å². The molecule has 0 spiro atoms. The summed E-state index contributed by atoms with van der Waals surface area (Å²) in [6.45, 7) is 14.3.